The summed E-state index contributed by atoms with van der Waals surface area (Å²) in [5.41, 5.74) is 2.93. The van der Waals surface area contributed by atoms with Crippen molar-refractivity contribution in [2.45, 2.75) is 34.1 Å². The van der Waals surface area contributed by atoms with E-state index in [0.29, 0.717) is 5.56 Å². The van der Waals surface area contributed by atoms with E-state index in [1.54, 1.807) is 12.1 Å². The summed E-state index contributed by atoms with van der Waals surface area (Å²) in [7, 11) is 0. The number of halogens is 1. The van der Waals surface area contributed by atoms with Gasteiger partial charge in [-0.05, 0) is 36.6 Å². The van der Waals surface area contributed by atoms with Crippen molar-refractivity contribution in [2.24, 2.45) is 0 Å². The normalized spacial score (nSPS) is 8.87. The van der Waals surface area contributed by atoms with Crippen molar-refractivity contribution in [3.63, 3.8) is 0 Å². The lowest BCUT2D eigenvalue weighted by atomic mass is 10.0. The SMILES string of the molecule is C=Cc1cc(CC)c(C)cc1OF.CC. The molecule has 84 valence electrons. The Morgan fingerprint density at radius 3 is 2.40 bits per heavy atom. The molecular formula is C13H19FO. The van der Waals surface area contributed by atoms with E-state index in [2.05, 4.69) is 18.4 Å². The molecule has 0 saturated carbocycles. The smallest absolute Gasteiger partial charge is 0.179 e. The van der Waals surface area contributed by atoms with Crippen molar-refractivity contribution < 1.29 is 9.47 Å². The van der Waals surface area contributed by atoms with Crippen LogP contribution in [-0.4, -0.2) is 0 Å². The molecule has 0 radical (unpaired) electrons. The van der Waals surface area contributed by atoms with Crippen LogP contribution in [-0.2, 0) is 6.42 Å². The van der Waals surface area contributed by atoms with Crippen LogP contribution in [0.5, 0.6) is 5.75 Å². The van der Waals surface area contributed by atoms with Gasteiger partial charge in [-0.3, -0.25) is 4.94 Å². The van der Waals surface area contributed by atoms with Crippen LogP contribution < -0.4 is 4.94 Å². The second-order valence-corrected chi connectivity index (χ2v) is 2.95. The fourth-order valence-electron chi connectivity index (χ4n) is 1.35. The lowest BCUT2D eigenvalue weighted by molar-refractivity contribution is -0.00653. The second-order valence-electron chi connectivity index (χ2n) is 2.95. The summed E-state index contributed by atoms with van der Waals surface area (Å²) in [5.74, 6) is 0.240. The van der Waals surface area contributed by atoms with Crippen molar-refractivity contribution >= 4 is 6.08 Å². The molecule has 1 rings (SSSR count). The molecular weight excluding hydrogens is 191 g/mol. The summed E-state index contributed by atoms with van der Waals surface area (Å²) < 4.78 is 12.0. The van der Waals surface area contributed by atoms with Gasteiger partial charge in [0.25, 0.3) is 0 Å². The molecule has 0 aliphatic carbocycles. The Morgan fingerprint density at radius 1 is 1.40 bits per heavy atom. The molecule has 0 N–H and O–H groups in total. The third kappa shape index (κ3) is 3.39. The minimum Gasteiger partial charge on any atom is -0.294 e. The predicted molar refractivity (Wildman–Crippen MR) is 63.7 cm³/mol. The summed E-state index contributed by atoms with van der Waals surface area (Å²) in [6.45, 7) is 11.6. The molecule has 0 saturated heterocycles. The maximum atomic E-state index is 12.0. The van der Waals surface area contributed by atoms with Crippen molar-refractivity contribution in [3.05, 3.63) is 35.4 Å². The first-order chi connectivity index (χ1) is 7.22. The van der Waals surface area contributed by atoms with Gasteiger partial charge in [0.05, 0.1) is 0 Å². The average molecular weight is 210 g/mol. The van der Waals surface area contributed by atoms with E-state index in [9.17, 15) is 4.53 Å². The Morgan fingerprint density at radius 2 is 2.00 bits per heavy atom. The number of rotatable bonds is 3. The summed E-state index contributed by atoms with van der Waals surface area (Å²) in [5, 5.41) is 0. The van der Waals surface area contributed by atoms with Crippen LogP contribution in [0.1, 0.15) is 37.5 Å². The number of hydrogen-bond donors (Lipinski definition) is 0. The molecule has 0 unspecified atom stereocenters. The molecule has 1 nitrogen and oxygen atoms in total. The van der Waals surface area contributed by atoms with Gasteiger partial charge in [-0.1, -0.05) is 33.4 Å². The number of aryl methyl sites for hydroxylation is 2. The van der Waals surface area contributed by atoms with E-state index in [-0.39, 0.29) is 5.75 Å². The van der Waals surface area contributed by atoms with Gasteiger partial charge in [-0.25, -0.2) is 0 Å². The molecule has 0 heterocycles. The Balaban J connectivity index is 0.000000921. The molecule has 0 aromatic heterocycles. The van der Waals surface area contributed by atoms with E-state index >= 15 is 0 Å². The van der Waals surface area contributed by atoms with Crippen LogP contribution in [0.2, 0.25) is 0 Å². The zero-order valence-corrected chi connectivity index (χ0v) is 9.93. The van der Waals surface area contributed by atoms with Crippen molar-refractivity contribution in [3.8, 4) is 5.75 Å². The lowest BCUT2D eigenvalue weighted by Crippen LogP contribution is -1.90. The molecule has 15 heavy (non-hydrogen) atoms. The summed E-state index contributed by atoms with van der Waals surface area (Å²) in [6.07, 6.45) is 2.52. The van der Waals surface area contributed by atoms with Gasteiger partial charge in [0.15, 0.2) is 5.75 Å². The fourth-order valence-corrected chi connectivity index (χ4v) is 1.35. The highest BCUT2D eigenvalue weighted by atomic mass is 19.3. The zero-order valence-electron chi connectivity index (χ0n) is 9.93. The van der Waals surface area contributed by atoms with Crippen molar-refractivity contribution in [1.82, 2.24) is 0 Å². The molecule has 0 spiro atoms. The molecule has 0 amide bonds. The Kier molecular flexibility index (Phi) is 6.43. The maximum Gasteiger partial charge on any atom is 0.179 e. The summed E-state index contributed by atoms with van der Waals surface area (Å²) >= 11 is 0. The molecule has 1 aromatic carbocycles. The van der Waals surface area contributed by atoms with E-state index in [4.69, 9.17) is 0 Å². The lowest BCUT2D eigenvalue weighted by Gasteiger charge is -2.07. The van der Waals surface area contributed by atoms with Gasteiger partial charge >= 0.3 is 0 Å². The number of hydrogen-bond acceptors (Lipinski definition) is 1. The first-order valence-corrected chi connectivity index (χ1v) is 5.27. The molecule has 0 bridgehead atoms. The van der Waals surface area contributed by atoms with Crippen LogP contribution >= 0.6 is 0 Å². The molecule has 0 atom stereocenters. The van der Waals surface area contributed by atoms with Gasteiger partial charge in [0.1, 0.15) is 0 Å². The monoisotopic (exact) mass is 210 g/mol. The van der Waals surface area contributed by atoms with Crippen LogP contribution in [0.4, 0.5) is 4.53 Å². The van der Waals surface area contributed by atoms with E-state index < -0.39 is 0 Å². The topological polar surface area (TPSA) is 9.23 Å². The fraction of sp³-hybridized carbons (Fsp3) is 0.385. The highest BCUT2D eigenvalue weighted by Crippen LogP contribution is 2.25. The number of benzene rings is 1. The van der Waals surface area contributed by atoms with Crippen LogP contribution in [0.3, 0.4) is 0 Å². The molecule has 0 fully saturated rings. The Bertz CT molecular complexity index is 319. The van der Waals surface area contributed by atoms with Crippen LogP contribution in [0.25, 0.3) is 6.08 Å². The standard InChI is InChI=1S/C11H13FO.C2H6/c1-4-9-7-10(5-2)11(13-12)6-8(9)3;1-2/h5-7H,2,4H2,1,3H3;1-2H3. The van der Waals surface area contributed by atoms with Gasteiger partial charge in [0.2, 0.25) is 0 Å². The average Bonchev–Trinajstić information content (AvgIpc) is 2.31. The van der Waals surface area contributed by atoms with E-state index in [0.717, 1.165) is 12.0 Å². The summed E-state index contributed by atoms with van der Waals surface area (Å²) in [4.78, 5) is 3.75. The minimum absolute atomic E-state index is 0.240. The first-order valence-electron chi connectivity index (χ1n) is 5.27. The predicted octanol–water partition coefficient (Wildman–Crippen LogP) is 4.49. The van der Waals surface area contributed by atoms with Crippen LogP contribution in [0.15, 0.2) is 18.7 Å². The zero-order chi connectivity index (χ0) is 11.8. The molecule has 0 aliphatic rings. The minimum atomic E-state index is 0.240. The quantitative estimate of drug-likeness (QED) is 0.714. The third-order valence-electron chi connectivity index (χ3n) is 2.15. The highest BCUT2D eigenvalue weighted by Gasteiger charge is 2.05. The van der Waals surface area contributed by atoms with Gasteiger partial charge in [-0.2, -0.15) is 0 Å². The van der Waals surface area contributed by atoms with E-state index in [1.165, 1.54) is 5.56 Å². The third-order valence-corrected chi connectivity index (χ3v) is 2.15. The largest absolute Gasteiger partial charge is 0.294 e. The second kappa shape index (κ2) is 7.04. The van der Waals surface area contributed by atoms with E-state index in [1.807, 2.05) is 26.8 Å². The summed E-state index contributed by atoms with van der Waals surface area (Å²) in [6, 6.07) is 3.59. The maximum absolute atomic E-state index is 12.0. The first kappa shape index (κ1) is 13.7. The molecule has 0 aliphatic heterocycles. The molecule has 1 aromatic rings. The Hall–Kier alpha value is -1.31. The van der Waals surface area contributed by atoms with Crippen molar-refractivity contribution in [2.75, 3.05) is 0 Å². The molecule has 2 heteroatoms. The van der Waals surface area contributed by atoms with Gasteiger partial charge in [0, 0.05) is 10.1 Å². The highest BCUT2D eigenvalue weighted by molar-refractivity contribution is 5.58. The Labute approximate surface area is 91.5 Å². The van der Waals surface area contributed by atoms with Crippen LogP contribution in [0, 0.1) is 6.92 Å². The van der Waals surface area contributed by atoms with Gasteiger partial charge in [-0.15, -0.1) is 0 Å². The van der Waals surface area contributed by atoms with Crippen molar-refractivity contribution in [1.29, 1.82) is 0 Å². The van der Waals surface area contributed by atoms with Gasteiger partial charge < -0.3 is 0 Å².